The van der Waals surface area contributed by atoms with Crippen LogP contribution in [0, 0.1) is 10.6 Å². The van der Waals surface area contributed by atoms with Crippen LogP contribution in [0.4, 0.5) is 10.3 Å². The molecule has 1 saturated carbocycles. The fraction of sp³-hybridized carbons (Fsp3) is 0.385. The van der Waals surface area contributed by atoms with Gasteiger partial charge in [-0.1, -0.05) is 12.1 Å². The van der Waals surface area contributed by atoms with Gasteiger partial charge in [0.25, 0.3) is 0 Å². The molecule has 0 amide bonds. The number of aromatic nitrogens is 3. The molecule has 1 N–H and O–H groups in total. The van der Waals surface area contributed by atoms with Crippen molar-refractivity contribution in [1.29, 1.82) is 0 Å². The molecule has 1 aromatic heterocycles. The highest BCUT2D eigenvalue weighted by Gasteiger charge is 2.28. The van der Waals surface area contributed by atoms with Gasteiger partial charge in [-0.05, 0) is 42.8 Å². The molecule has 0 bridgehead atoms. The molecule has 0 radical (unpaired) electrons. The van der Waals surface area contributed by atoms with Crippen molar-refractivity contribution in [1.82, 2.24) is 14.8 Å². The van der Waals surface area contributed by atoms with Gasteiger partial charge in [0.1, 0.15) is 5.82 Å². The summed E-state index contributed by atoms with van der Waals surface area (Å²) in [5, 5.41) is 7.11. The smallest absolute Gasteiger partial charge is 0.226 e. The van der Waals surface area contributed by atoms with Gasteiger partial charge in [0.05, 0.1) is 0 Å². The van der Waals surface area contributed by atoms with Gasteiger partial charge < -0.3 is 4.90 Å². The summed E-state index contributed by atoms with van der Waals surface area (Å²) in [6.07, 6.45) is 2.29. The zero-order valence-corrected chi connectivity index (χ0v) is 11.5. The Morgan fingerprint density at radius 1 is 1.53 bits per heavy atom. The largest absolute Gasteiger partial charge is 0.340 e. The van der Waals surface area contributed by atoms with E-state index >= 15 is 0 Å². The second-order valence-electron chi connectivity index (χ2n) is 4.92. The summed E-state index contributed by atoms with van der Waals surface area (Å²) in [7, 11) is 1.94. The Morgan fingerprint density at radius 3 is 3.00 bits per heavy atom. The molecule has 0 saturated heterocycles. The van der Waals surface area contributed by atoms with Crippen LogP contribution in [0.3, 0.4) is 0 Å². The summed E-state index contributed by atoms with van der Waals surface area (Å²) in [5.74, 6) is 0.601. The average Bonchev–Trinajstić information content (AvgIpc) is 3.12. The van der Waals surface area contributed by atoms with Gasteiger partial charge in [0.2, 0.25) is 5.95 Å². The number of nitrogens with one attached hydrogen (secondary N) is 1. The number of hydrogen-bond acceptors (Lipinski definition) is 3. The maximum atomic E-state index is 13.2. The van der Waals surface area contributed by atoms with Crippen LogP contribution in [-0.4, -0.2) is 21.8 Å². The van der Waals surface area contributed by atoms with Gasteiger partial charge in [0.15, 0.2) is 4.77 Å². The third kappa shape index (κ3) is 2.53. The third-order valence-corrected chi connectivity index (χ3v) is 3.54. The molecule has 1 aromatic carbocycles. The summed E-state index contributed by atoms with van der Waals surface area (Å²) >= 11 is 5.25. The maximum absolute atomic E-state index is 13.2. The molecule has 3 rings (SSSR count). The first-order chi connectivity index (χ1) is 9.15. The van der Waals surface area contributed by atoms with Gasteiger partial charge in [-0.15, -0.1) is 5.10 Å². The van der Waals surface area contributed by atoms with Crippen molar-refractivity contribution >= 4 is 18.2 Å². The standard InChI is InChI=1S/C13H15FN4S/c1-17(8-9-3-2-4-10(14)7-9)12-15-16-13(19)18(12)11-5-6-11/h2-4,7,11H,5-6,8H2,1H3,(H,16,19). The molecule has 4 nitrogen and oxygen atoms in total. The van der Waals surface area contributed by atoms with Crippen molar-refractivity contribution < 1.29 is 4.39 Å². The van der Waals surface area contributed by atoms with Crippen molar-refractivity contribution in [3.63, 3.8) is 0 Å². The minimum Gasteiger partial charge on any atom is -0.340 e. The topological polar surface area (TPSA) is 36.9 Å². The van der Waals surface area contributed by atoms with E-state index in [0.717, 1.165) is 24.4 Å². The molecule has 0 atom stereocenters. The Bertz CT molecular complexity index is 644. The number of hydrogen-bond donors (Lipinski definition) is 1. The van der Waals surface area contributed by atoms with Gasteiger partial charge in [0, 0.05) is 19.6 Å². The number of anilines is 1. The average molecular weight is 278 g/mol. The highest BCUT2D eigenvalue weighted by molar-refractivity contribution is 7.71. The van der Waals surface area contributed by atoms with Crippen LogP contribution < -0.4 is 4.90 Å². The lowest BCUT2D eigenvalue weighted by Crippen LogP contribution is -2.20. The number of benzene rings is 1. The normalized spacial score (nSPS) is 14.6. The minimum atomic E-state index is -0.216. The lowest BCUT2D eigenvalue weighted by molar-refractivity contribution is 0.624. The van der Waals surface area contributed by atoms with Crippen LogP contribution in [-0.2, 0) is 6.54 Å². The zero-order valence-electron chi connectivity index (χ0n) is 10.6. The highest BCUT2D eigenvalue weighted by atomic mass is 32.1. The number of H-pyrrole nitrogens is 1. The summed E-state index contributed by atoms with van der Waals surface area (Å²) in [6.45, 7) is 0.601. The first-order valence-electron chi connectivity index (χ1n) is 6.27. The molecular formula is C13H15FN4S. The van der Waals surface area contributed by atoms with Gasteiger partial charge in [-0.25, -0.2) is 9.49 Å². The van der Waals surface area contributed by atoms with Crippen molar-refractivity contribution in [3.05, 3.63) is 40.4 Å². The number of aromatic amines is 1. The molecule has 1 fully saturated rings. The molecule has 0 aliphatic heterocycles. The third-order valence-electron chi connectivity index (χ3n) is 3.25. The summed E-state index contributed by atoms with van der Waals surface area (Å²) in [5.41, 5.74) is 0.916. The predicted molar refractivity (Wildman–Crippen MR) is 74.2 cm³/mol. The van der Waals surface area contributed by atoms with Crippen LogP contribution in [0.25, 0.3) is 0 Å². The second-order valence-corrected chi connectivity index (χ2v) is 5.30. The Balaban J connectivity index is 1.84. The van der Waals surface area contributed by atoms with Crippen LogP contribution >= 0.6 is 12.2 Å². The summed E-state index contributed by atoms with van der Waals surface area (Å²) < 4.78 is 15.9. The lowest BCUT2D eigenvalue weighted by atomic mass is 10.2. The van der Waals surface area contributed by atoms with E-state index in [4.69, 9.17) is 12.2 Å². The zero-order chi connectivity index (χ0) is 13.4. The molecule has 19 heavy (non-hydrogen) atoms. The molecule has 0 unspecified atom stereocenters. The first kappa shape index (κ1) is 12.3. The van der Waals surface area contributed by atoms with E-state index in [9.17, 15) is 4.39 Å². The molecule has 1 heterocycles. The fourth-order valence-corrected chi connectivity index (χ4v) is 2.48. The molecule has 1 aliphatic carbocycles. The molecular weight excluding hydrogens is 263 g/mol. The number of nitrogens with zero attached hydrogens (tertiary/aromatic N) is 3. The van der Waals surface area contributed by atoms with Crippen molar-refractivity contribution in [2.24, 2.45) is 0 Å². The highest BCUT2D eigenvalue weighted by Crippen LogP contribution is 2.37. The van der Waals surface area contributed by atoms with Gasteiger partial charge in [-0.2, -0.15) is 0 Å². The summed E-state index contributed by atoms with van der Waals surface area (Å²) in [4.78, 5) is 1.99. The second kappa shape index (κ2) is 4.77. The van der Waals surface area contributed by atoms with Crippen LogP contribution in [0.1, 0.15) is 24.4 Å². The van der Waals surface area contributed by atoms with Gasteiger partial charge in [-0.3, -0.25) is 4.57 Å². The van der Waals surface area contributed by atoms with E-state index in [0.29, 0.717) is 17.4 Å². The van der Waals surface area contributed by atoms with Crippen LogP contribution in [0.2, 0.25) is 0 Å². The van der Waals surface area contributed by atoms with E-state index in [2.05, 4.69) is 14.8 Å². The molecule has 6 heteroatoms. The SMILES string of the molecule is CN(Cc1cccc(F)c1)c1n[nH]c(=S)n1C1CC1. The maximum Gasteiger partial charge on any atom is 0.226 e. The Labute approximate surface area is 115 Å². The Kier molecular flexibility index (Phi) is 3.10. The quantitative estimate of drug-likeness (QED) is 0.873. The van der Waals surface area contributed by atoms with E-state index in [1.54, 1.807) is 12.1 Å². The van der Waals surface area contributed by atoms with Crippen molar-refractivity contribution in [2.75, 3.05) is 11.9 Å². The number of rotatable bonds is 4. The predicted octanol–water partition coefficient (Wildman–Crippen LogP) is 3.05. The van der Waals surface area contributed by atoms with E-state index in [1.807, 2.05) is 18.0 Å². The van der Waals surface area contributed by atoms with Crippen molar-refractivity contribution in [3.8, 4) is 0 Å². The van der Waals surface area contributed by atoms with E-state index in [1.165, 1.54) is 6.07 Å². The Morgan fingerprint density at radius 2 is 2.32 bits per heavy atom. The molecule has 2 aromatic rings. The number of halogens is 1. The van der Waals surface area contributed by atoms with Crippen LogP contribution in [0.5, 0.6) is 0 Å². The fourth-order valence-electron chi connectivity index (χ4n) is 2.21. The Hall–Kier alpha value is -1.69. The van der Waals surface area contributed by atoms with Gasteiger partial charge >= 0.3 is 0 Å². The molecule has 0 spiro atoms. The first-order valence-corrected chi connectivity index (χ1v) is 6.68. The minimum absolute atomic E-state index is 0.216. The van der Waals surface area contributed by atoms with E-state index in [-0.39, 0.29) is 5.82 Å². The van der Waals surface area contributed by atoms with Crippen LogP contribution in [0.15, 0.2) is 24.3 Å². The van der Waals surface area contributed by atoms with Crippen molar-refractivity contribution in [2.45, 2.75) is 25.4 Å². The molecule has 100 valence electrons. The van der Waals surface area contributed by atoms with E-state index < -0.39 is 0 Å². The molecule has 1 aliphatic rings. The summed E-state index contributed by atoms with van der Waals surface area (Å²) in [6, 6.07) is 7.08. The monoisotopic (exact) mass is 278 g/mol. The lowest BCUT2D eigenvalue weighted by Gasteiger charge is -2.18.